The molecule has 2 aliphatic heterocycles. The van der Waals surface area contributed by atoms with E-state index in [1.54, 1.807) is 18.3 Å². The van der Waals surface area contributed by atoms with Gasteiger partial charge in [0.2, 0.25) is 5.91 Å². The van der Waals surface area contributed by atoms with E-state index in [1.807, 2.05) is 42.5 Å². The zero-order chi connectivity index (χ0) is 23.5. The number of rotatable bonds is 6. The van der Waals surface area contributed by atoms with Crippen LogP contribution in [0.3, 0.4) is 0 Å². The van der Waals surface area contributed by atoms with Crippen LogP contribution in [0, 0.1) is 16.0 Å². The summed E-state index contributed by atoms with van der Waals surface area (Å²) in [5.74, 6) is 0.586. The molecule has 1 aromatic heterocycles. The van der Waals surface area contributed by atoms with Crippen LogP contribution in [0.5, 0.6) is 0 Å². The lowest BCUT2D eigenvalue weighted by Gasteiger charge is -2.49. The largest absolute Gasteiger partial charge is 0.364 e. The van der Waals surface area contributed by atoms with Crippen LogP contribution in [-0.2, 0) is 17.6 Å². The molecule has 2 aliphatic rings. The highest BCUT2D eigenvalue weighted by atomic mass is 16.6. The molecule has 0 saturated carbocycles. The summed E-state index contributed by atoms with van der Waals surface area (Å²) in [6, 6.07) is 20.9. The molecule has 0 bridgehead atoms. The van der Waals surface area contributed by atoms with Gasteiger partial charge in [-0.15, -0.1) is 0 Å². The van der Waals surface area contributed by atoms with E-state index in [-0.39, 0.29) is 28.5 Å². The Kier molecular flexibility index (Phi) is 6.12. The maximum Gasteiger partial charge on any atom is 0.269 e. The molecule has 8 heteroatoms. The first kappa shape index (κ1) is 21.9. The lowest BCUT2D eigenvalue weighted by atomic mass is 9.83. The lowest BCUT2D eigenvalue weighted by molar-refractivity contribution is -0.384. The Morgan fingerprint density at radius 3 is 2.68 bits per heavy atom. The number of nitro groups is 1. The number of nitrogens with one attached hydrogen (secondary N) is 1. The van der Waals surface area contributed by atoms with Crippen molar-refractivity contribution in [1.29, 1.82) is 0 Å². The second-order valence-corrected chi connectivity index (χ2v) is 8.80. The second kappa shape index (κ2) is 9.51. The van der Waals surface area contributed by atoms with Crippen LogP contribution in [0.15, 0.2) is 72.9 Å². The van der Waals surface area contributed by atoms with Crippen LogP contribution in [0.2, 0.25) is 0 Å². The lowest BCUT2D eigenvalue weighted by Crippen LogP contribution is -2.61. The van der Waals surface area contributed by atoms with Gasteiger partial charge in [-0.2, -0.15) is 0 Å². The summed E-state index contributed by atoms with van der Waals surface area (Å²) in [5, 5.41) is 14.5. The van der Waals surface area contributed by atoms with E-state index in [2.05, 4.69) is 32.2 Å². The molecule has 5 rings (SSSR count). The Labute approximate surface area is 198 Å². The molecule has 2 atom stereocenters. The van der Waals surface area contributed by atoms with Gasteiger partial charge in [0.05, 0.1) is 16.9 Å². The van der Waals surface area contributed by atoms with Gasteiger partial charge in [-0.05, 0) is 42.2 Å². The number of piperazine rings is 1. The van der Waals surface area contributed by atoms with Crippen molar-refractivity contribution in [3.63, 3.8) is 0 Å². The molecule has 0 unspecified atom stereocenters. The van der Waals surface area contributed by atoms with Crippen molar-refractivity contribution in [2.24, 2.45) is 5.92 Å². The van der Waals surface area contributed by atoms with E-state index in [0.717, 1.165) is 36.6 Å². The summed E-state index contributed by atoms with van der Waals surface area (Å²) in [4.78, 5) is 33.4. The Balaban J connectivity index is 1.39. The minimum absolute atomic E-state index is 0.00837. The van der Waals surface area contributed by atoms with Crippen LogP contribution < -0.4 is 15.1 Å². The zero-order valence-electron chi connectivity index (χ0n) is 18.8. The van der Waals surface area contributed by atoms with E-state index in [4.69, 9.17) is 0 Å². The van der Waals surface area contributed by atoms with Gasteiger partial charge >= 0.3 is 0 Å². The van der Waals surface area contributed by atoms with Gasteiger partial charge in [0.25, 0.3) is 5.69 Å². The molecule has 0 aliphatic carbocycles. The second-order valence-electron chi connectivity index (χ2n) is 8.80. The minimum Gasteiger partial charge on any atom is -0.364 e. The summed E-state index contributed by atoms with van der Waals surface area (Å²) < 4.78 is 0. The fourth-order valence-corrected chi connectivity index (χ4v) is 5.08. The number of non-ortho nitro benzene ring substituents is 1. The number of pyridine rings is 1. The van der Waals surface area contributed by atoms with E-state index in [1.165, 1.54) is 5.56 Å². The first-order chi connectivity index (χ1) is 16.6. The van der Waals surface area contributed by atoms with Crippen molar-refractivity contribution < 1.29 is 9.72 Å². The van der Waals surface area contributed by atoms with Crippen molar-refractivity contribution in [2.75, 3.05) is 36.0 Å². The summed E-state index contributed by atoms with van der Waals surface area (Å²) in [6.07, 6.45) is 3.02. The van der Waals surface area contributed by atoms with E-state index in [0.29, 0.717) is 19.5 Å². The Hall–Kier alpha value is -3.94. The Bertz CT molecular complexity index is 1170. The van der Waals surface area contributed by atoms with Crippen molar-refractivity contribution in [1.82, 2.24) is 10.3 Å². The average molecular weight is 458 g/mol. The van der Waals surface area contributed by atoms with Crippen LogP contribution in [0.1, 0.15) is 11.1 Å². The quantitative estimate of drug-likeness (QED) is 0.451. The molecule has 8 nitrogen and oxygen atoms in total. The minimum atomic E-state index is -0.375. The highest BCUT2D eigenvalue weighted by Gasteiger charge is 2.42. The van der Waals surface area contributed by atoms with Crippen molar-refractivity contribution >= 4 is 23.1 Å². The molecule has 3 aromatic rings. The number of carbonyl (C=O) groups excluding carboxylic acids is 1. The van der Waals surface area contributed by atoms with E-state index in [9.17, 15) is 14.9 Å². The number of hydrogen-bond acceptors (Lipinski definition) is 6. The van der Waals surface area contributed by atoms with Crippen LogP contribution >= 0.6 is 0 Å². The fraction of sp³-hybridized carbons (Fsp3) is 0.308. The van der Waals surface area contributed by atoms with Gasteiger partial charge in [0.15, 0.2) is 0 Å². The number of aromatic nitrogens is 1. The average Bonchev–Trinajstić information content (AvgIpc) is 2.88. The highest BCUT2D eigenvalue weighted by molar-refractivity contribution is 5.82. The molecule has 34 heavy (non-hydrogen) atoms. The topological polar surface area (TPSA) is 91.6 Å². The molecule has 1 amide bonds. The predicted molar refractivity (Wildman–Crippen MR) is 131 cm³/mol. The zero-order valence-corrected chi connectivity index (χ0v) is 18.8. The summed E-state index contributed by atoms with van der Waals surface area (Å²) in [7, 11) is 0. The first-order valence-electron chi connectivity index (χ1n) is 11.6. The standard InChI is InChI=1S/C26H27N5O3/c32-26(28-13-11-19-6-2-1-3-7-19)22-17-20-16-21(31(33)34)9-10-23(20)30-15-14-29(18-24(22)30)25-8-4-5-12-27-25/h1-10,12,16,22,24H,11,13-15,17-18H2,(H,28,32)/t22-,24+/m0/s1. The summed E-state index contributed by atoms with van der Waals surface area (Å²) >= 11 is 0. The number of benzene rings is 2. The maximum atomic E-state index is 13.4. The molecule has 3 heterocycles. The highest BCUT2D eigenvalue weighted by Crippen LogP contribution is 2.38. The molecule has 174 valence electrons. The van der Waals surface area contributed by atoms with Crippen molar-refractivity contribution in [3.05, 3.63) is 94.2 Å². The number of hydrogen-bond donors (Lipinski definition) is 1. The van der Waals surface area contributed by atoms with E-state index < -0.39 is 0 Å². The third-order valence-corrected chi connectivity index (χ3v) is 6.77. The molecule has 2 aromatic carbocycles. The number of fused-ring (bicyclic) bond motifs is 3. The number of nitro benzene ring substituents is 1. The van der Waals surface area contributed by atoms with Crippen LogP contribution in [0.25, 0.3) is 0 Å². The number of carbonyl (C=O) groups is 1. The van der Waals surface area contributed by atoms with Gasteiger partial charge in [0.1, 0.15) is 5.82 Å². The monoisotopic (exact) mass is 457 g/mol. The Morgan fingerprint density at radius 2 is 1.91 bits per heavy atom. The van der Waals surface area contributed by atoms with Gasteiger partial charge in [0, 0.05) is 50.2 Å². The number of amides is 1. The maximum absolute atomic E-state index is 13.4. The fourth-order valence-electron chi connectivity index (χ4n) is 5.08. The molecular weight excluding hydrogens is 430 g/mol. The number of anilines is 2. The predicted octanol–water partition coefficient (Wildman–Crippen LogP) is 3.22. The van der Waals surface area contributed by atoms with Crippen LogP contribution in [0.4, 0.5) is 17.2 Å². The van der Waals surface area contributed by atoms with Gasteiger partial charge in [-0.25, -0.2) is 4.98 Å². The third kappa shape index (κ3) is 4.44. The number of nitrogens with zero attached hydrogens (tertiary/aromatic N) is 4. The molecule has 1 fully saturated rings. The van der Waals surface area contributed by atoms with E-state index >= 15 is 0 Å². The van der Waals surface area contributed by atoms with Crippen molar-refractivity contribution in [2.45, 2.75) is 18.9 Å². The first-order valence-corrected chi connectivity index (χ1v) is 11.6. The third-order valence-electron chi connectivity index (χ3n) is 6.77. The smallest absolute Gasteiger partial charge is 0.269 e. The SMILES string of the molecule is O=C(NCCc1ccccc1)[C@H]1Cc2cc([N+](=O)[O-])ccc2N2CCN(c3ccccn3)C[C@H]12. The molecule has 1 saturated heterocycles. The molecular formula is C26H27N5O3. The summed E-state index contributed by atoms with van der Waals surface area (Å²) in [6.45, 7) is 2.72. The van der Waals surface area contributed by atoms with Crippen LogP contribution in [-0.4, -0.2) is 48.0 Å². The van der Waals surface area contributed by atoms with Gasteiger partial charge in [-0.1, -0.05) is 36.4 Å². The Morgan fingerprint density at radius 1 is 1.09 bits per heavy atom. The molecule has 0 spiro atoms. The molecule has 1 N–H and O–H groups in total. The van der Waals surface area contributed by atoms with Gasteiger partial charge in [-0.3, -0.25) is 14.9 Å². The molecule has 0 radical (unpaired) electrons. The normalized spacial score (nSPS) is 19.2. The van der Waals surface area contributed by atoms with Crippen molar-refractivity contribution in [3.8, 4) is 0 Å². The summed E-state index contributed by atoms with van der Waals surface area (Å²) in [5.41, 5.74) is 3.09. The van der Waals surface area contributed by atoms with Gasteiger partial charge < -0.3 is 15.1 Å².